The molecule has 0 bridgehead atoms. The van der Waals surface area contributed by atoms with Gasteiger partial charge in [0.15, 0.2) is 6.10 Å². The Bertz CT molecular complexity index is 249. The number of nitrogens with zero attached hydrogens (tertiary/aromatic N) is 2. The normalized spacial score (nSPS) is 25.1. The number of carbonyl (C=O) groups is 1. The Kier molecular flexibility index (Phi) is 3.86. The first kappa shape index (κ1) is 11.0. The van der Waals surface area contributed by atoms with E-state index in [1.165, 1.54) is 7.11 Å². The molecule has 0 aromatic heterocycles. The first-order chi connectivity index (χ1) is 6.69. The smallest absolute Gasteiger partial charge is 0.322 e. The molecule has 14 heavy (non-hydrogen) atoms. The lowest BCUT2D eigenvalue weighted by molar-refractivity contribution is -0.148. The van der Waals surface area contributed by atoms with E-state index < -0.39 is 6.10 Å². The fourth-order valence-electron chi connectivity index (χ4n) is 1.42. The SMILES string of the molecule is COC(=O)C(C)N1CCOC(C#N)C1. The summed E-state index contributed by atoms with van der Waals surface area (Å²) in [5.74, 6) is -0.274. The van der Waals surface area contributed by atoms with Crippen molar-refractivity contribution in [3.8, 4) is 6.07 Å². The number of carbonyl (C=O) groups excluding carboxylic acids is 1. The Hall–Kier alpha value is -1.12. The lowest BCUT2D eigenvalue weighted by Gasteiger charge is -2.32. The molecule has 1 heterocycles. The zero-order valence-corrected chi connectivity index (χ0v) is 8.40. The van der Waals surface area contributed by atoms with Gasteiger partial charge in [0, 0.05) is 13.1 Å². The van der Waals surface area contributed by atoms with E-state index in [0.717, 1.165) is 0 Å². The van der Waals surface area contributed by atoms with Gasteiger partial charge in [-0.3, -0.25) is 9.69 Å². The van der Waals surface area contributed by atoms with Gasteiger partial charge in [-0.05, 0) is 6.92 Å². The van der Waals surface area contributed by atoms with Crippen LogP contribution >= 0.6 is 0 Å². The Labute approximate surface area is 83.2 Å². The maximum atomic E-state index is 11.2. The molecule has 5 heteroatoms. The molecule has 0 saturated carbocycles. The second-order valence-corrected chi connectivity index (χ2v) is 3.18. The highest BCUT2D eigenvalue weighted by Crippen LogP contribution is 2.09. The van der Waals surface area contributed by atoms with Crippen LogP contribution in [-0.2, 0) is 14.3 Å². The fraction of sp³-hybridized carbons (Fsp3) is 0.778. The lowest BCUT2D eigenvalue weighted by Crippen LogP contribution is -2.49. The number of morpholine rings is 1. The third-order valence-electron chi connectivity index (χ3n) is 2.33. The van der Waals surface area contributed by atoms with Gasteiger partial charge in [0.05, 0.1) is 19.8 Å². The summed E-state index contributed by atoms with van der Waals surface area (Å²) >= 11 is 0. The molecule has 1 aliphatic rings. The molecule has 0 aromatic rings. The molecule has 2 atom stereocenters. The Morgan fingerprint density at radius 3 is 3.07 bits per heavy atom. The van der Waals surface area contributed by atoms with E-state index >= 15 is 0 Å². The average Bonchev–Trinajstić information content (AvgIpc) is 2.27. The van der Waals surface area contributed by atoms with Crippen molar-refractivity contribution in [3.63, 3.8) is 0 Å². The average molecular weight is 198 g/mol. The lowest BCUT2D eigenvalue weighted by atomic mass is 10.2. The largest absolute Gasteiger partial charge is 0.468 e. The van der Waals surface area contributed by atoms with Crippen molar-refractivity contribution in [1.29, 1.82) is 5.26 Å². The molecule has 0 aromatic carbocycles. The van der Waals surface area contributed by atoms with Gasteiger partial charge in [0.25, 0.3) is 0 Å². The molecular weight excluding hydrogens is 184 g/mol. The van der Waals surface area contributed by atoms with Crippen LogP contribution in [0.5, 0.6) is 0 Å². The maximum absolute atomic E-state index is 11.2. The summed E-state index contributed by atoms with van der Waals surface area (Å²) in [5, 5.41) is 8.67. The van der Waals surface area contributed by atoms with Gasteiger partial charge in [-0.15, -0.1) is 0 Å². The minimum Gasteiger partial charge on any atom is -0.468 e. The third-order valence-corrected chi connectivity index (χ3v) is 2.33. The van der Waals surface area contributed by atoms with Gasteiger partial charge in [-0.25, -0.2) is 0 Å². The molecule has 0 aliphatic carbocycles. The van der Waals surface area contributed by atoms with Gasteiger partial charge >= 0.3 is 5.97 Å². The summed E-state index contributed by atoms with van der Waals surface area (Å²) < 4.78 is 9.80. The maximum Gasteiger partial charge on any atom is 0.322 e. The number of methoxy groups -OCH3 is 1. The number of esters is 1. The Balaban J connectivity index is 2.52. The van der Waals surface area contributed by atoms with Crippen LogP contribution in [0, 0.1) is 11.3 Å². The van der Waals surface area contributed by atoms with Crippen LogP contribution < -0.4 is 0 Å². The van der Waals surface area contributed by atoms with E-state index in [-0.39, 0.29) is 12.0 Å². The van der Waals surface area contributed by atoms with Gasteiger partial charge in [0.2, 0.25) is 0 Å². The second kappa shape index (κ2) is 4.94. The molecule has 0 spiro atoms. The topological polar surface area (TPSA) is 62.6 Å². The van der Waals surface area contributed by atoms with Crippen LogP contribution in [0.2, 0.25) is 0 Å². The first-order valence-electron chi connectivity index (χ1n) is 4.52. The van der Waals surface area contributed by atoms with Gasteiger partial charge < -0.3 is 9.47 Å². The van der Waals surface area contributed by atoms with Crippen molar-refractivity contribution in [1.82, 2.24) is 4.90 Å². The molecule has 0 N–H and O–H groups in total. The third kappa shape index (κ3) is 2.44. The van der Waals surface area contributed by atoms with Gasteiger partial charge in [-0.2, -0.15) is 5.26 Å². The zero-order valence-electron chi connectivity index (χ0n) is 8.40. The van der Waals surface area contributed by atoms with Crippen LogP contribution in [0.3, 0.4) is 0 Å². The van der Waals surface area contributed by atoms with Crippen molar-refractivity contribution >= 4 is 5.97 Å². The molecular formula is C9H14N2O3. The molecule has 0 radical (unpaired) electrons. The quantitative estimate of drug-likeness (QED) is 0.574. The Morgan fingerprint density at radius 1 is 1.79 bits per heavy atom. The Morgan fingerprint density at radius 2 is 2.50 bits per heavy atom. The van der Waals surface area contributed by atoms with E-state index in [1.54, 1.807) is 6.92 Å². The molecule has 1 fully saturated rings. The van der Waals surface area contributed by atoms with E-state index in [1.807, 2.05) is 11.0 Å². The summed E-state index contributed by atoms with van der Waals surface area (Å²) in [5.41, 5.74) is 0. The predicted molar refractivity (Wildman–Crippen MR) is 48.4 cm³/mol. The highest BCUT2D eigenvalue weighted by atomic mass is 16.5. The van der Waals surface area contributed by atoms with Crippen molar-refractivity contribution in [2.24, 2.45) is 0 Å². The highest BCUT2D eigenvalue weighted by Gasteiger charge is 2.28. The molecule has 1 saturated heterocycles. The second-order valence-electron chi connectivity index (χ2n) is 3.18. The first-order valence-corrected chi connectivity index (χ1v) is 4.52. The molecule has 5 nitrogen and oxygen atoms in total. The van der Waals surface area contributed by atoms with Crippen LogP contribution in [0.15, 0.2) is 0 Å². The van der Waals surface area contributed by atoms with Crippen molar-refractivity contribution < 1.29 is 14.3 Å². The molecule has 2 unspecified atom stereocenters. The minimum absolute atomic E-state index is 0.274. The summed E-state index contributed by atoms with van der Waals surface area (Å²) in [6, 6.07) is 1.72. The van der Waals surface area contributed by atoms with Crippen LogP contribution in [0.4, 0.5) is 0 Å². The van der Waals surface area contributed by atoms with Crippen molar-refractivity contribution in [2.75, 3.05) is 26.8 Å². The number of nitriles is 1. The molecule has 0 amide bonds. The molecule has 1 rings (SSSR count). The van der Waals surface area contributed by atoms with E-state index in [9.17, 15) is 4.79 Å². The van der Waals surface area contributed by atoms with Crippen LogP contribution in [0.1, 0.15) is 6.92 Å². The predicted octanol–water partition coefficient (Wildman–Crippen LogP) is -0.228. The van der Waals surface area contributed by atoms with Gasteiger partial charge in [-0.1, -0.05) is 0 Å². The van der Waals surface area contributed by atoms with Crippen molar-refractivity contribution in [3.05, 3.63) is 0 Å². The zero-order chi connectivity index (χ0) is 10.6. The fourth-order valence-corrected chi connectivity index (χ4v) is 1.42. The highest BCUT2D eigenvalue weighted by molar-refractivity contribution is 5.75. The number of ether oxygens (including phenoxy) is 2. The van der Waals surface area contributed by atoms with Crippen molar-refractivity contribution in [2.45, 2.75) is 19.1 Å². The van der Waals surface area contributed by atoms with Crippen LogP contribution in [-0.4, -0.2) is 49.8 Å². The molecule has 1 aliphatic heterocycles. The van der Waals surface area contributed by atoms with E-state index in [0.29, 0.717) is 19.7 Å². The van der Waals surface area contributed by atoms with Crippen LogP contribution in [0.25, 0.3) is 0 Å². The van der Waals surface area contributed by atoms with E-state index in [4.69, 9.17) is 10.00 Å². The number of rotatable bonds is 2. The number of hydrogen-bond acceptors (Lipinski definition) is 5. The minimum atomic E-state index is -0.434. The summed E-state index contributed by atoms with van der Waals surface area (Å²) in [6.45, 7) is 3.38. The monoisotopic (exact) mass is 198 g/mol. The number of hydrogen-bond donors (Lipinski definition) is 0. The van der Waals surface area contributed by atoms with E-state index in [2.05, 4.69) is 4.74 Å². The summed E-state index contributed by atoms with van der Waals surface area (Å²) in [6.07, 6.45) is -0.434. The standard InChI is InChI=1S/C9H14N2O3/c1-7(9(12)13-2)11-3-4-14-8(5-10)6-11/h7-8H,3-4,6H2,1-2H3. The van der Waals surface area contributed by atoms with Gasteiger partial charge in [0.1, 0.15) is 6.04 Å². The summed E-state index contributed by atoms with van der Waals surface area (Å²) in [4.78, 5) is 13.1. The molecule has 78 valence electrons. The summed E-state index contributed by atoms with van der Waals surface area (Å²) in [7, 11) is 1.36.